The zero-order chi connectivity index (χ0) is 27.0. The van der Waals surface area contributed by atoms with E-state index in [1.807, 2.05) is 24.3 Å². The Bertz CT molecular complexity index is 1300. The quantitative estimate of drug-likeness (QED) is 0.0670. The van der Waals surface area contributed by atoms with Crippen LogP contribution < -0.4 is 4.74 Å². The lowest BCUT2D eigenvalue weighted by molar-refractivity contribution is -0.384. The highest BCUT2D eigenvalue weighted by Gasteiger charge is 2.28. The number of benzene rings is 4. The smallest absolute Gasteiger partial charge is 0.306 e. The minimum absolute atomic E-state index is 0.00261. The summed E-state index contributed by atoms with van der Waals surface area (Å²) in [5.41, 5.74) is -0.201. The first-order valence-corrected chi connectivity index (χ1v) is 13.6. The summed E-state index contributed by atoms with van der Waals surface area (Å²) in [5, 5.41) is 10.9. The van der Waals surface area contributed by atoms with Gasteiger partial charge in [0.25, 0.3) is 5.69 Å². The van der Waals surface area contributed by atoms with E-state index < -0.39 is 10.5 Å². The topological polar surface area (TPSA) is 78.7 Å². The summed E-state index contributed by atoms with van der Waals surface area (Å²) in [7, 11) is -0.216. The summed E-state index contributed by atoms with van der Waals surface area (Å²) < 4.78 is 11.5. The number of esters is 1. The lowest BCUT2D eigenvalue weighted by Gasteiger charge is -2.25. The van der Waals surface area contributed by atoms with Crippen molar-refractivity contribution in [2.75, 3.05) is 6.61 Å². The Morgan fingerprint density at radius 3 is 1.84 bits per heavy atom. The molecule has 194 valence electrons. The van der Waals surface area contributed by atoms with Gasteiger partial charge >= 0.3 is 5.97 Å². The highest BCUT2D eigenvalue weighted by molar-refractivity contribution is 7.97. The number of carbonyl (C=O) groups excluding carboxylic acids is 1. The lowest BCUT2D eigenvalue weighted by atomic mass is 9.98. The summed E-state index contributed by atoms with van der Waals surface area (Å²) in [6.45, 7) is 3.92. The molecular formula is C31H30NO5S+. The van der Waals surface area contributed by atoms with Gasteiger partial charge in [-0.25, -0.2) is 0 Å². The molecule has 0 spiro atoms. The number of nitro groups is 1. The van der Waals surface area contributed by atoms with E-state index in [4.69, 9.17) is 9.47 Å². The number of hydrogen-bond acceptors (Lipinski definition) is 5. The van der Waals surface area contributed by atoms with E-state index in [9.17, 15) is 14.9 Å². The van der Waals surface area contributed by atoms with Crippen LogP contribution in [0.25, 0.3) is 0 Å². The predicted molar refractivity (Wildman–Crippen MR) is 148 cm³/mol. The van der Waals surface area contributed by atoms with Crippen LogP contribution in [-0.4, -0.2) is 17.5 Å². The van der Waals surface area contributed by atoms with E-state index in [0.717, 1.165) is 5.75 Å². The molecule has 0 saturated carbocycles. The minimum Gasteiger partial charge on any atom is -0.494 e. The molecular weight excluding hydrogens is 498 g/mol. The Morgan fingerprint density at radius 2 is 1.32 bits per heavy atom. The van der Waals surface area contributed by atoms with Crippen LogP contribution in [0.1, 0.15) is 32.3 Å². The number of hydrogen-bond donors (Lipinski definition) is 0. The van der Waals surface area contributed by atoms with Gasteiger partial charge in [0.1, 0.15) is 11.4 Å². The van der Waals surface area contributed by atoms with Gasteiger partial charge in [-0.05, 0) is 86.5 Å². The maximum Gasteiger partial charge on any atom is 0.306 e. The van der Waals surface area contributed by atoms with Crippen molar-refractivity contribution in [2.45, 2.75) is 47.0 Å². The highest BCUT2D eigenvalue weighted by atomic mass is 32.2. The second kappa shape index (κ2) is 12.4. The third-order valence-corrected chi connectivity index (χ3v) is 8.18. The van der Waals surface area contributed by atoms with Crippen LogP contribution in [-0.2, 0) is 26.0 Å². The summed E-state index contributed by atoms with van der Waals surface area (Å²) in [6, 6.07) is 35.1. The third kappa shape index (κ3) is 7.01. The average Bonchev–Trinajstić information content (AvgIpc) is 2.93. The molecule has 0 N–H and O–H groups in total. The Labute approximate surface area is 225 Å². The largest absolute Gasteiger partial charge is 0.494 e. The first-order valence-electron chi connectivity index (χ1n) is 12.4. The number of rotatable bonds is 11. The molecule has 4 aromatic carbocycles. The van der Waals surface area contributed by atoms with E-state index in [2.05, 4.69) is 60.7 Å². The van der Waals surface area contributed by atoms with Crippen LogP contribution in [0.4, 0.5) is 5.69 Å². The van der Waals surface area contributed by atoms with Crippen molar-refractivity contribution >= 4 is 22.6 Å². The van der Waals surface area contributed by atoms with Gasteiger partial charge < -0.3 is 9.47 Å². The monoisotopic (exact) mass is 528 g/mol. The Morgan fingerprint density at radius 1 is 0.789 bits per heavy atom. The van der Waals surface area contributed by atoms with Crippen LogP contribution in [0, 0.1) is 10.1 Å². The number of ether oxygens (including phenoxy) is 2. The van der Waals surface area contributed by atoms with Gasteiger partial charge in [-0.3, -0.25) is 14.9 Å². The van der Waals surface area contributed by atoms with Crippen molar-refractivity contribution in [3.8, 4) is 5.75 Å². The van der Waals surface area contributed by atoms with Crippen LogP contribution in [0.5, 0.6) is 5.75 Å². The van der Waals surface area contributed by atoms with Crippen molar-refractivity contribution < 1.29 is 19.2 Å². The molecule has 38 heavy (non-hydrogen) atoms. The predicted octanol–water partition coefficient (Wildman–Crippen LogP) is 7.33. The van der Waals surface area contributed by atoms with E-state index in [0.29, 0.717) is 18.6 Å². The molecule has 0 aliphatic rings. The SMILES string of the molecule is CC(C)(OC(=O)CCCOc1ccc([S+](c2ccccc2)c2ccccc2)cc1)c1ccc([N+](=O)[O-])cc1. The molecule has 4 rings (SSSR count). The van der Waals surface area contributed by atoms with E-state index in [-0.39, 0.29) is 29.0 Å². The highest BCUT2D eigenvalue weighted by Crippen LogP contribution is 2.32. The second-order valence-corrected chi connectivity index (χ2v) is 11.2. The van der Waals surface area contributed by atoms with E-state index in [1.165, 1.54) is 26.8 Å². The minimum atomic E-state index is -0.891. The second-order valence-electron chi connectivity index (χ2n) is 9.14. The van der Waals surface area contributed by atoms with Crippen LogP contribution in [0.2, 0.25) is 0 Å². The van der Waals surface area contributed by atoms with Crippen molar-refractivity contribution in [3.05, 3.63) is 125 Å². The number of carbonyl (C=O) groups is 1. The molecule has 7 heteroatoms. The molecule has 0 amide bonds. The molecule has 0 unspecified atom stereocenters. The number of nitrogens with zero attached hydrogens (tertiary/aromatic N) is 1. The van der Waals surface area contributed by atoms with Gasteiger partial charge in [0.15, 0.2) is 14.7 Å². The summed E-state index contributed by atoms with van der Waals surface area (Å²) in [6.07, 6.45) is 0.718. The zero-order valence-corrected chi connectivity index (χ0v) is 22.2. The lowest BCUT2D eigenvalue weighted by Crippen LogP contribution is -2.25. The Kier molecular flexibility index (Phi) is 8.81. The van der Waals surface area contributed by atoms with Gasteiger partial charge in [-0.2, -0.15) is 0 Å². The Hall–Kier alpha value is -4.10. The molecule has 0 saturated heterocycles. The Balaban J connectivity index is 1.30. The molecule has 0 aliphatic heterocycles. The van der Waals surface area contributed by atoms with Crippen molar-refractivity contribution in [2.24, 2.45) is 0 Å². The maximum absolute atomic E-state index is 12.4. The fourth-order valence-electron chi connectivity index (χ4n) is 3.98. The van der Waals surface area contributed by atoms with Gasteiger partial charge in [0.05, 0.1) is 22.4 Å². The molecule has 0 aromatic heterocycles. The van der Waals surface area contributed by atoms with E-state index >= 15 is 0 Å². The molecule has 4 aromatic rings. The molecule has 0 heterocycles. The molecule has 0 radical (unpaired) electrons. The van der Waals surface area contributed by atoms with Crippen molar-refractivity contribution in [1.29, 1.82) is 0 Å². The van der Waals surface area contributed by atoms with Crippen LogP contribution >= 0.6 is 0 Å². The number of nitro benzene ring substituents is 1. The fraction of sp³-hybridized carbons (Fsp3) is 0.194. The first kappa shape index (κ1) is 26.9. The van der Waals surface area contributed by atoms with Crippen molar-refractivity contribution in [3.63, 3.8) is 0 Å². The van der Waals surface area contributed by atoms with Crippen LogP contribution in [0.3, 0.4) is 0 Å². The fourth-order valence-corrected chi connectivity index (χ4v) is 6.06. The maximum atomic E-state index is 12.4. The standard InChI is InChI=1S/C31H30NO5S/c1-31(2,24-15-17-25(18-16-24)32(34)35)37-30(33)14-9-23-36-26-19-21-29(22-20-26)38(27-10-5-3-6-11-27)28-12-7-4-8-13-28/h3-8,10-13,15-22H,9,14,23H2,1-2H3/q+1. The van der Waals surface area contributed by atoms with Gasteiger partial charge in [-0.15, -0.1) is 0 Å². The van der Waals surface area contributed by atoms with Gasteiger partial charge in [-0.1, -0.05) is 36.4 Å². The molecule has 0 atom stereocenters. The van der Waals surface area contributed by atoms with Crippen LogP contribution in [0.15, 0.2) is 124 Å². The zero-order valence-electron chi connectivity index (χ0n) is 21.4. The molecule has 6 nitrogen and oxygen atoms in total. The molecule has 0 fully saturated rings. The van der Waals surface area contributed by atoms with E-state index in [1.54, 1.807) is 26.0 Å². The summed E-state index contributed by atoms with van der Waals surface area (Å²) >= 11 is 0. The third-order valence-electron chi connectivity index (χ3n) is 5.95. The van der Waals surface area contributed by atoms with Gasteiger partial charge in [0, 0.05) is 18.6 Å². The van der Waals surface area contributed by atoms with Crippen molar-refractivity contribution in [1.82, 2.24) is 0 Å². The number of non-ortho nitro benzene ring substituents is 1. The molecule has 0 bridgehead atoms. The summed E-state index contributed by atoms with van der Waals surface area (Å²) in [5.74, 6) is 0.403. The summed E-state index contributed by atoms with van der Waals surface area (Å²) in [4.78, 5) is 26.5. The molecule has 0 aliphatic carbocycles. The normalized spacial score (nSPS) is 11.2. The van der Waals surface area contributed by atoms with Gasteiger partial charge in [0.2, 0.25) is 0 Å². The average molecular weight is 529 g/mol. The first-order chi connectivity index (χ1) is 18.3.